The minimum Gasteiger partial charge on any atom is -0.313 e. The summed E-state index contributed by atoms with van der Waals surface area (Å²) in [5.74, 6) is 1.16. The largest absolute Gasteiger partial charge is 0.313 e. The van der Waals surface area contributed by atoms with Gasteiger partial charge in [-0.3, -0.25) is 4.98 Å². The fourth-order valence-electron chi connectivity index (χ4n) is 1.43. The van der Waals surface area contributed by atoms with E-state index in [2.05, 4.69) is 44.1 Å². The number of hydrogen-bond donors (Lipinski definition) is 1. The van der Waals surface area contributed by atoms with Crippen LogP contribution in [0.1, 0.15) is 33.4 Å². The molecule has 0 unspecified atom stereocenters. The third-order valence-electron chi connectivity index (χ3n) is 2.37. The molecule has 0 aliphatic rings. The second-order valence-electron chi connectivity index (χ2n) is 5.35. The fourth-order valence-corrected chi connectivity index (χ4v) is 2.29. The van der Waals surface area contributed by atoms with E-state index in [1.807, 2.05) is 30.1 Å². The van der Waals surface area contributed by atoms with Crippen molar-refractivity contribution in [1.29, 1.82) is 0 Å². The van der Waals surface area contributed by atoms with Gasteiger partial charge in [0.25, 0.3) is 0 Å². The Kier molecular flexibility index (Phi) is 6.00. The summed E-state index contributed by atoms with van der Waals surface area (Å²) in [7, 11) is 0. The molecular weight excluding hydrogens is 228 g/mol. The minimum absolute atomic E-state index is 0.358. The molecule has 0 saturated carbocycles. The first-order valence-electron chi connectivity index (χ1n) is 6.24. The highest BCUT2D eigenvalue weighted by molar-refractivity contribution is 8.00. The molecule has 0 bridgehead atoms. The summed E-state index contributed by atoms with van der Waals surface area (Å²) in [6, 6.07) is 6.64. The van der Waals surface area contributed by atoms with E-state index in [-0.39, 0.29) is 0 Å². The zero-order valence-electron chi connectivity index (χ0n) is 11.4. The SMILES string of the molecule is C[C@@H](CSC(C)(C)C)NCCc1ccccn1. The van der Waals surface area contributed by atoms with Gasteiger partial charge < -0.3 is 5.32 Å². The van der Waals surface area contributed by atoms with Crippen LogP contribution in [0, 0.1) is 0 Å². The van der Waals surface area contributed by atoms with Crippen molar-refractivity contribution >= 4 is 11.8 Å². The topological polar surface area (TPSA) is 24.9 Å². The lowest BCUT2D eigenvalue weighted by atomic mass is 10.2. The first-order valence-corrected chi connectivity index (χ1v) is 7.23. The van der Waals surface area contributed by atoms with Crippen LogP contribution in [0.25, 0.3) is 0 Å². The predicted octanol–water partition coefficient (Wildman–Crippen LogP) is 3.13. The molecule has 1 heterocycles. The van der Waals surface area contributed by atoms with E-state index >= 15 is 0 Å². The molecule has 0 amide bonds. The molecule has 0 aliphatic heterocycles. The highest BCUT2D eigenvalue weighted by Gasteiger charge is 2.12. The molecule has 1 atom stereocenters. The normalized spacial score (nSPS) is 13.6. The number of thioether (sulfide) groups is 1. The number of nitrogens with zero attached hydrogens (tertiary/aromatic N) is 1. The van der Waals surface area contributed by atoms with Gasteiger partial charge in [-0.05, 0) is 19.1 Å². The van der Waals surface area contributed by atoms with Gasteiger partial charge in [0.1, 0.15) is 0 Å². The monoisotopic (exact) mass is 252 g/mol. The minimum atomic E-state index is 0.358. The van der Waals surface area contributed by atoms with Crippen molar-refractivity contribution in [1.82, 2.24) is 10.3 Å². The Morgan fingerprint density at radius 3 is 2.71 bits per heavy atom. The lowest BCUT2D eigenvalue weighted by Crippen LogP contribution is -2.31. The van der Waals surface area contributed by atoms with Crippen LogP contribution in [-0.4, -0.2) is 28.1 Å². The van der Waals surface area contributed by atoms with Crippen molar-refractivity contribution in [2.24, 2.45) is 0 Å². The molecule has 1 rings (SSSR count). The number of hydrogen-bond acceptors (Lipinski definition) is 3. The van der Waals surface area contributed by atoms with Crippen LogP contribution in [0.4, 0.5) is 0 Å². The zero-order chi connectivity index (χ0) is 12.7. The average Bonchev–Trinajstić information content (AvgIpc) is 2.27. The van der Waals surface area contributed by atoms with Gasteiger partial charge in [-0.15, -0.1) is 0 Å². The lowest BCUT2D eigenvalue weighted by Gasteiger charge is -2.21. The van der Waals surface area contributed by atoms with E-state index in [9.17, 15) is 0 Å². The first kappa shape index (κ1) is 14.5. The molecule has 1 aromatic heterocycles. The van der Waals surface area contributed by atoms with Crippen molar-refractivity contribution in [3.8, 4) is 0 Å². The van der Waals surface area contributed by atoms with Crippen molar-refractivity contribution in [2.45, 2.75) is 44.9 Å². The van der Waals surface area contributed by atoms with E-state index in [4.69, 9.17) is 0 Å². The first-order chi connectivity index (χ1) is 7.97. The Labute approximate surface area is 110 Å². The molecule has 3 heteroatoms. The van der Waals surface area contributed by atoms with E-state index in [1.165, 1.54) is 0 Å². The second-order valence-corrected chi connectivity index (χ2v) is 7.20. The van der Waals surface area contributed by atoms with Gasteiger partial charge in [-0.25, -0.2) is 0 Å². The molecular formula is C14H24N2S. The van der Waals surface area contributed by atoms with Crippen molar-refractivity contribution in [2.75, 3.05) is 12.3 Å². The molecule has 2 nitrogen and oxygen atoms in total. The number of pyridine rings is 1. The maximum absolute atomic E-state index is 4.32. The fraction of sp³-hybridized carbons (Fsp3) is 0.643. The van der Waals surface area contributed by atoms with Crippen LogP contribution in [0.2, 0.25) is 0 Å². The molecule has 0 aliphatic carbocycles. The average molecular weight is 252 g/mol. The number of rotatable bonds is 6. The standard InChI is InChI=1S/C14H24N2S/c1-12(11-17-14(2,3)4)15-10-8-13-7-5-6-9-16-13/h5-7,9,12,15H,8,10-11H2,1-4H3/t12-/m0/s1. The van der Waals surface area contributed by atoms with Crippen molar-refractivity contribution in [3.63, 3.8) is 0 Å². The summed E-state index contributed by atoms with van der Waals surface area (Å²) in [4.78, 5) is 4.32. The summed E-state index contributed by atoms with van der Waals surface area (Å²) in [5.41, 5.74) is 1.16. The van der Waals surface area contributed by atoms with Crippen LogP contribution in [0.5, 0.6) is 0 Å². The van der Waals surface area contributed by atoms with E-state index in [0.29, 0.717) is 10.8 Å². The van der Waals surface area contributed by atoms with E-state index in [0.717, 1.165) is 24.4 Å². The molecule has 17 heavy (non-hydrogen) atoms. The van der Waals surface area contributed by atoms with Crippen LogP contribution in [0.15, 0.2) is 24.4 Å². The molecule has 0 spiro atoms. The Hall–Kier alpha value is -0.540. The van der Waals surface area contributed by atoms with Gasteiger partial charge in [0, 0.05) is 41.4 Å². The third kappa shape index (κ3) is 7.40. The maximum atomic E-state index is 4.32. The summed E-state index contributed by atoms with van der Waals surface area (Å²) in [6.45, 7) is 10.0. The zero-order valence-corrected chi connectivity index (χ0v) is 12.2. The van der Waals surface area contributed by atoms with Crippen molar-refractivity contribution < 1.29 is 0 Å². The summed E-state index contributed by atoms with van der Waals surface area (Å²) in [6.07, 6.45) is 2.86. The van der Waals surface area contributed by atoms with Gasteiger partial charge >= 0.3 is 0 Å². The van der Waals surface area contributed by atoms with Crippen LogP contribution >= 0.6 is 11.8 Å². The molecule has 96 valence electrons. The highest BCUT2D eigenvalue weighted by Crippen LogP contribution is 2.23. The maximum Gasteiger partial charge on any atom is 0.0416 e. The predicted molar refractivity (Wildman–Crippen MR) is 77.6 cm³/mol. The van der Waals surface area contributed by atoms with Gasteiger partial charge in [-0.2, -0.15) is 11.8 Å². The van der Waals surface area contributed by atoms with Crippen LogP contribution < -0.4 is 5.32 Å². The van der Waals surface area contributed by atoms with E-state index in [1.54, 1.807) is 0 Å². The molecule has 0 fully saturated rings. The summed E-state index contributed by atoms with van der Waals surface area (Å²) in [5, 5.41) is 3.54. The van der Waals surface area contributed by atoms with Crippen molar-refractivity contribution in [3.05, 3.63) is 30.1 Å². The molecule has 1 N–H and O–H groups in total. The quantitative estimate of drug-likeness (QED) is 0.842. The molecule has 0 saturated heterocycles. The Morgan fingerprint density at radius 2 is 2.12 bits per heavy atom. The van der Waals surface area contributed by atoms with Gasteiger partial charge in [-0.1, -0.05) is 26.8 Å². The van der Waals surface area contributed by atoms with Gasteiger partial charge in [0.2, 0.25) is 0 Å². The molecule has 1 aromatic rings. The molecule has 0 aromatic carbocycles. The smallest absolute Gasteiger partial charge is 0.0416 e. The Bertz CT molecular complexity index is 306. The Morgan fingerprint density at radius 1 is 1.35 bits per heavy atom. The second kappa shape index (κ2) is 7.02. The number of aromatic nitrogens is 1. The third-order valence-corrected chi connectivity index (χ3v) is 3.90. The molecule has 0 radical (unpaired) electrons. The Balaban J connectivity index is 2.14. The van der Waals surface area contributed by atoms with E-state index < -0.39 is 0 Å². The van der Waals surface area contributed by atoms with Gasteiger partial charge in [0.05, 0.1) is 0 Å². The lowest BCUT2D eigenvalue weighted by molar-refractivity contribution is 0.591. The van der Waals surface area contributed by atoms with Crippen LogP contribution in [-0.2, 0) is 6.42 Å². The van der Waals surface area contributed by atoms with Crippen LogP contribution in [0.3, 0.4) is 0 Å². The number of nitrogens with one attached hydrogen (secondary N) is 1. The summed E-state index contributed by atoms with van der Waals surface area (Å²) >= 11 is 2.01. The summed E-state index contributed by atoms with van der Waals surface area (Å²) < 4.78 is 0.358. The highest BCUT2D eigenvalue weighted by atomic mass is 32.2. The van der Waals surface area contributed by atoms with Gasteiger partial charge in [0.15, 0.2) is 0 Å².